The SMILES string of the molecule is CC(C)C(=O)NC12CC(C1)C(CC(C)C(=O)N1CCC(N)C(O)C1)NC2=O. The molecule has 8 nitrogen and oxygen atoms in total. The number of piperidine rings is 3. The van der Waals surface area contributed by atoms with Crippen LogP contribution in [0, 0.1) is 17.8 Å². The molecule has 0 aromatic carbocycles. The van der Waals surface area contributed by atoms with Crippen LogP contribution in [0.5, 0.6) is 0 Å². The molecule has 1 aliphatic carbocycles. The van der Waals surface area contributed by atoms with Crippen molar-refractivity contribution in [2.75, 3.05) is 13.1 Å². The van der Waals surface area contributed by atoms with Crippen molar-refractivity contribution < 1.29 is 19.5 Å². The van der Waals surface area contributed by atoms with Crippen LogP contribution in [0.15, 0.2) is 0 Å². The molecule has 4 atom stereocenters. The van der Waals surface area contributed by atoms with Gasteiger partial charge in [-0.25, -0.2) is 0 Å². The van der Waals surface area contributed by atoms with Crippen LogP contribution in [0.4, 0.5) is 0 Å². The van der Waals surface area contributed by atoms with Crippen molar-refractivity contribution in [2.24, 2.45) is 23.5 Å². The molecule has 152 valence electrons. The summed E-state index contributed by atoms with van der Waals surface area (Å²) in [7, 11) is 0. The number of hydrogen-bond donors (Lipinski definition) is 4. The molecule has 0 radical (unpaired) electrons. The third-order valence-electron chi connectivity index (χ3n) is 6.40. The van der Waals surface area contributed by atoms with Gasteiger partial charge >= 0.3 is 0 Å². The lowest BCUT2D eigenvalue weighted by Gasteiger charge is -2.55. The second-order valence-corrected chi connectivity index (χ2v) is 8.92. The fourth-order valence-corrected chi connectivity index (χ4v) is 4.46. The maximum absolute atomic E-state index is 12.7. The highest BCUT2D eigenvalue weighted by atomic mass is 16.3. The molecule has 27 heavy (non-hydrogen) atoms. The largest absolute Gasteiger partial charge is 0.390 e. The zero-order valence-corrected chi connectivity index (χ0v) is 16.4. The summed E-state index contributed by atoms with van der Waals surface area (Å²) in [5.74, 6) is -0.356. The molecule has 4 aliphatic rings. The molecule has 4 unspecified atom stereocenters. The van der Waals surface area contributed by atoms with E-state index >= 15 is 0 Å². The Morgan fingerprint density at radius 3 is 2.59 bits per heavy atom. The topological polar surface area (TPSA) is 125 Å². The lowest BCUT2D eigenvalue weighted by molar-refractivity contribution is -0.150. The van der Waals surface area contributed by atoms with Gasteiger partial charge in [-0.05, 0) is 31.6 Å². The summed E-state index contributed by atoms with van der Waals surface area (Å²) in [4.78, 5) is 39.0. The third-order valence-corrected chi connectivity index (χ3v) is 6.40. The Balaban J connectivity index is 1.53. The Morgan fingerprint density at radius 1 is 1.37 bits per heavy atom. The van der Waals surface area contributed by atoms with Crippen molar-refractivity contribution in [1.82, 2.24) is 15.5 Å². The Bertz CT molecular complexity index is 617. The quantitative estimate of drug-likeness (QED) is 0.505. The number of carbonyl (C=O) groups is 3. The van der Waals surface area contributed by atoms with Gasteiger partial charge in [0.25, 0.3) is 0 Å². The molecule has 3 aliphatic heterocycles. The number of nitrogens with two attached hydrogens (primary N) is 1. The van der Waals surface area contributed by atoms with Gasteiger partial charge in [0.1, 0.15) is 5.54 Å². The van der Waals surface area contributed by atoms with Crippen LogP contribution in [-0.4, -0.2) is 64.5 Å². The van der Waals surface area contributed by atoms with E-state index in [1.165, 1.54) is 0 Å². The van der Waals surface area contributed by atoms with Gasteiger partial charge in [-0.15, -0.1) is 0 Å². The first-order chi connectivity index (χ1) is 12.6. The summed E-state index contributed by atoms with van der Waals surface area (Å²) in [5, 5.41) is 15.8. The van der Waals surface area contributed by atoms with Crippen LogP contribution in [-0.2, 0) is 14.4 Å². The number of hydrogen-bond acceptors (Lipinski definition) is 5. The summed E-state index contributed by atoms with van der Waals surface area (Å²) in [5.41, 5.74) is 5.04. The van der Waals surface area contributed by atoms with Crippen molar-refractivity contribution >= 4 is 17.7 Å². The molecule has 0 spiro atoms. The molecule has 5 N–H and O–H groups in total. The van der Waals surface area contributed by atoms with Gasteiger partial charge in [-0.2, -0.15) is 0 Å². The van der Waals surface area contributed by atoms with Crippen LogP contribution in [0.25, 0.3) is 0 Å². The molecule has 0 aromatic rings. The number of carbonyl (C=O) groups excluding carboxylic acids is 3. The zero-order valence-electron chi connectivity index (χ0n) is 16.4. The van der Waals surface area contributed by atoms with Gasteiger partial charge < -0.3 is 26.4 Å². The molecular weight excluding hydrogens is 348 g/mol. The molecule has 3 saturated heterocycles. The van der Waals surface area contributed by atoms with Crippen LogP contribution in [0.3, 0.4) is 0 Å². The molecule has 1 saturated carbocycles. The normalized spacial score (nSPS) is 36.7. The van der Waals surface area contributed by atoms with Crippen molar-refractivity contribution in [3.63, 3.8) is 0 Å². The maximum atomic E-state index is 12.7. The smallest absolute Gasteiger partial charge is 0.246 e. The second-order valence-electron chi connectivity index (χ2n) is 8.92. The first-order valence-electron chi connectivity index (χ1n) is 9.98. The molecule has 3 amide bonds. The Labute approximate surface area is 160 Å². The number of likely N-dealkylation sites (tertiary alicyclic amines) is 1. The van der Waals surface area contributed by atoms with Gasteiger partial charge in [0.2, 0.25) is 17.7 Å². The van der Waals surface area contributed by atoms with Gasteiger partial charge in [0.15, 0.2) is 0 Å². The molecule has 0 aromatic heterocycles. The average molecular weight is 380 g/mol. The lowest BCUT2D eigenvalue weighted by atomic mass is 9.60. The fraction of sp³-hybridized carbons (Fsp3) is 0.842. The van der Waals surface area contributed by atoms with E-state index in [1.807, 2.05) is 20.8 Å². The molecule has 4 fully saturated rings. The minimum absolute atomic E-state index is 0.000491. The van der Waals surface area contributed by atoms with E-state index in [0.717, 1.165) is 0 Å². The van der Waals surface area contributed by atoms with Gasteiger partial charge in [0, 0.05) is 37.0 Å². The van der Waals surface area contributed by atoms with E-state index < -0.39 is 11.6 Å². The fourth-order valence-electron chi connectivity index (χ4n) is 4.46. The first kappa shape index (κ1) is 20.1. The molecule has 2 bridgehead atoms. The van der Waals surface area contributed by atoms with E-state index in [0.29, 0.717) is 32.2 Å². The standard InChI is InChI=1S/C19H32N4O4/c1-10(2)16(25)22-19-7-12(8-19)14(21-18(19)27)6-11(3)17(26)23-5-4-13(20)15(24)9-23/h10-15,24H,4-9,20H2,1-3H3,(H,21,27)(H,22,25). The lowest BCUT2D eigenvalue weighted by Crippen LogP contribution is -2.74. The van der Waals surface area contributed by atoms with Crippen LogP contribution < -0.4 is 16.4 Å². The minimum atomic E-state index is -0.761. The number of nitrogens with one attached hydrogen (secondary N) is 2. The van der Waals surface area contributed by atoms with Crippen molar-refractivity contribution in [3.8, 4) is 0 Å². The summed E-state index contributed by atoms with van der Waals surface area (Å²) in [6, 6.07) is -0.322. The highest BCUT2D eigenvalue weighted by molar-refractivity contribution is 5.94. The van der Waals surface area contributed by atoms with E-state index in [9.17, 15) is 19.5 Å². The second kappa shape index (κ2) is 7.39. The Hall–Kier alpha value is -1.67. The van der Waals surface area contributed by atoms with Crippen molar-refractivity contribution in [1.29, 1.82) is 0 Å². The number of nitrogens with zero attached hydrogens (tertiary/aromatic N) is 1. The van der Waals surface area contributed by atoms with Crippen LogP contribution >= 0.6 is 0 Å². The maximum Gasteiger partial charge on any atom is 0.246 e. The van der Waals surface area contributed by atoms with Crippen molar-refractivity contribution in [3.05, 3.63) is 0 Å². The van der Waals surface area contributed by atoms with E-state index in [4.69, 9.17) is 5.73 Å². The van der Waals surface area contributed by atoms with E-state index in [2.05, 4.69) is 10.6 Å². The Kier molecular flexibility index (Phi) is 5.49. The predicted octanol–water partition coefficient (Wildman–Crippen LogP) is -0.647. The van der Waals surface area contributed by atoms with E-state index in [-0.39, 0.29) is 54.1 Å². The molecule has 8 heteroatoms. The number of aliphatic hydroxyl groups excluding tert-OH is 1. The number of rotatable bonds is 5. The third kappa shape index (κ3) is 3.82. The highest BCUT2D eigenvalue weighted by Gasteiger charge is 2.58. The number of aliphatic hydroxyl groups is 1. The average Bonchev–Trinajstić information content (AvgIpc) is 2.57. The van der Waals surface area contributed by atoms with Gasteiger partial charge in [-0.1, -0.05) is 20.8 Å². The number of fused-ring (bicyclic) bond motifs is 2. The van der Waals surface area contributed by atoms with Crippen LogP contribution in [0.1, 0.15) is 46.5 Å². The molecule has 4 rings (SSSR count). The number of β-amino-alcohol motifs (C(OH)–C–C–N with tert-alkyl or cyclic N) is 1. The van der Waals surface area contributed by atoms with Crippen LogP contribution in [0.2, 0.25) is 0 Å². The summed E-state index contributed by atoms with van der Waals surface area (Å²) < 4.78 is 0. The zero-order chi connectivity index (χ0) is 19.9. The summed E-state index contributed by atoms with van der Waals surface area (Å²) >= 11 is 0. The highest BCUT2D eigenvalue weighted by Crippen LogP contribution is 2.45. The summed E-state index contributed by atoms with van der Waals surface area (Å²) in [6.07, 6.45) is 1.77. The van der Waals surface area contributed by atoms with Gasteiger partial charge in [0.05, 0.1) is 6.10 Å². The predicted molar refractivity (Wildman–Crippen MR) is 99.3 cm³/mol. The monoisotopic (exact) mass is 380 g/mol. The molecular formula is C19H32N4O4. The Morgan fingerprint density at radius 2 is 2.04 bits per heavy atom. The van der Waals surface area contributed by atoms with Crippen molar-refractivity contribution in [2.45, 2.75) is 70.2 Å². The summed E-state index contributed by atoms with van der Waals surface area (Å²) in [6.45, 7) is 6.32. The minimum Gasteiger partial charge on any atom is -0.390 e. The molecule has 3 heterocycles. The van der Waals surface area contributed by atoms with Gasteiger partial charge in [-0.3, -0.25) is 14.4 Å². The number of amides is 3. The van der Waals surface area contributed by atoms with E-state index in [1.54, 1.807) is 4.90 Å². The first-order valence-corrected chi connectivity index (χ1v) is 9.98.